The van der Waals surface area contributed by atoms with E-state index in [2.05, 4.69) is 53.5 Å². The SMILES string of the molecule is CCNC(Cc1cc(Br)cs1)C(C)(C)OC. The molecular weight excluding hydrogens is 286 g/mol. The molecule has 0 saturated heterocycles. The van der Waals surface area contributed by atoms with Gasteiger partial charge in [0.05, 0.1) is 5.60 Å². The van der Waals surface area contributed by atoms with Crippen molar-refractivity contribution in [1.29, 1.82) is 0 Å². The second-order valence-corrected chi connectivity index (χ2v) is 6.26. The van der Waals surface area contributed by atoms with Crippen molar-refractivity contribution in [3.8, 4) is 0 Å². The molecule has 0 aliphatic rings. The fourth-order valence-corrected chi connectivity index (χ4v) is 3.11. The number of nitrogens with one attached hydrogen (secondary N) is 1. The van der Waals surface area contributed by atoms with Crippen LogP contribution in [0.3, 0.4) is 0 Å². The lowest BCUT2D eigenvalue weighted by atomic mass is 9.95. The van der Waals surface area contributed by atoms with Gasteiger partial charge in [0.1, 0.15) is 0 Å². The molecule has 4 heteroatoms. The fraction of sp³-hybridized carbons (Fsp3) is 0.667. The standard InChI is InChI=1S/C12H20BrNOS/c1-5-14-11(12(2,3)15-4)7-10-6-9(13)8-16-10/h6,8,11,14H,5,7H2,1-4H3. The molecule has 0 amide bonds. The van der Waals surface area contributed by atoms with Crippen LogP contribution in [0.5, 0.6) is 0 Å². The van der Waals surface area contributed by atoms with E-state index in [9.17, 15) is 0 Å². The van der Waals surface area contributed by atoms with Gasteiger partial charge in [0.2, 0.25) is 0 Å². The predicted octanol–water partition coefficient (Wildman–Crippen LogP) is 3.46. The second-order valence-electron chi connectivity index (χ2n) is 4.35. The van der Waals surface area contributed by atoms with Gasteiger partial charge in [-0.15, -0.1) is 11.3 Å². The van der Waals surface area contributed by atoms with Crippen LogP contribution in [0, 0.1) is 0 Å². The number of thiophene rings is 1. The lowest BCUT2D eigenvalue weighted by molar-refractivity contribution is -0.00939. The molecule has 0 aromatic carbocycles. The Labute approximate surface area is 111 Å². The molecule has 1 unspecified atom stereocenters. The zero-order valence-electron chi connectivity index (χ0n) is 10.3. The zero-order chi connectivity index (χ0) is 12.2. The van der Waals surface area contributed by atoms with Crippen molar-refractivity contribution in [2.24, 2.45) is 0 Å². The minimum absolute atomic E-state index is 0.146. The van der Waals surface area contributed by atoms with Crippen LogP contribution in [0.4, 0.5) is 0 Å². The van der Waals surface area contributed by atoms with E-state index in [1.165, 1.54) is 4.88 Å². The highest BCUT2D eigenvalue weighted by atomic mass is 79.9. The van der Waals surface area contributed by atoms with Crippen LogP contribution in [-0.4, -0.2) is 25.3 Å². The van der Waals surface area contributed by atoms with Gasteiger partial charge in [-0.2, -0.15) is 0 Å². The number of likely N-dealkylation sites (N-methyl/N-ethyl adjacent to an activating group) is 1. The summed E-state index contributed by atoms with van der Waals surface area (Å²) in [7, 11) is 1.77. The van der Waals surface area contributed by atoms with E-state index in [4.69, 9.17) is 4.74 Å². The van der Waals surface area contributed by atoms with Crippen molar-refractivity contribution in [2.75, 3.05) is 13.7 Å². The first-order valence-electron chi connectivity index (χ1n) is 5.51. The Morgan fingerprint density at radius 1 is 1.56 bits per heavy atom. The van der Waals surface area contributed by atoms with Crippen molar-refractivity contribution in [3.63, 3.8) is 0 Å². The number of hydrogen-bond acceptors (Lipinski definition) is 3. The van der Waals surface area contributed by atoms with Gasteiger partial charge in [-0.3, -0.25) is 0 Å². The smallest absolute Gasteiger partial charge is 0.0778 e. The third-order valence-electron chi connectivity index (χ3n) is 2.84. The monoisotopic (exact) mass is 305 g/mol. The molecule has 16 heavy (non-hydrogen) atoms. The van der Waals surface area contributed by atoms with E-state index in [0.29, 0.717) is 6.04 Å². The number of hydrogen-bond donors (Lipinski definition) is 1. The lowest BCUT2D eigenvalue weighted by Gasteiger charge is -2.33. The van der Waals surface area contributed by atoms with Crippen molar-refractivity contribution < 1.29 is 4.74 Å². The van der Waals surface area contributed by atoms with Gasteiger partial charge in [-0.25, -0.2) is 0 Å². The topological polar surface area (TPSA) is 21.3 Å². The Morgan fingerprint density at radius 3 is 2.69 bits per heavy atom. The molecule has 0 fully saturated rings. The van der Waals surface area contributed by atoms with Crippen LogP contribution >= 0.6 is 27.3 Å². The molecular formula is C12H20BrNOS. The molecule has 1 heterocycles. The first kappa shape index (κ1) is 14.2. The van der Waals surface area contributed by atoms with E-state index in [-0.39, 0.29) is 5.60 Å². The molecule has 0 radical (unpaired) electrons. The summed E-state index contributed by atoms with van der Waals surface area (Å²) < 4.78 is 6.73. The molecule has 1 aromatic rings. The van der Waals surface area contributed by atoms with E-state index in [1.807, 2.05) is 0 Å². The van der Waals surface area contributed by atoms with Gasteiger partial charge in [0.25, 0.3) is 0 Å². The fourth-order valence-electron chi connectivity index (χ4n) is 1.61. The van der Waals surface area contributed by atoms with Gasteiger partial charge in [-0.1, -0.05) is 6.92 Å². The minimum Gasteiger partial charge on any atom is -0.377 e. The average Bonchev–Trinajstić information content (AvgIpc) is 2.63. The Morgan fingerprint density at radius 2 is 2.25 bits per heavy atom. The van der Waals surface area contributed by atoms with E-state index < -0.39 is 0 Å². The van der Waals surface area contributed by atoms with Crippen LogP contribution in [-0.2, 0) is 11.2 Å². The largest absolute Gasteiger partial charge is 0.377 e. The van der Waals surface area contributed by atoms with Gasteiger partial charge < -0.3 is 10.1 Å². The highest BCUT2D eigenvalue weighted by molar-refractivity contribution is 9.10. The Balaban J connectivity index is 2.71. The van der Waals surface area contributed by atoms with Gasteiger partial charge in [-0.05, 0) is 48.8 Å². The first-order valence-corrected chi connectivity index (χ1v) is 7.18. The normalized spacial score (nSPS) is 14.1. The molecule has 0 aliphatic carbocycles. The van der Waals surface area contributed by atoms with Gasteiger partial charge in [0.15, 0.2) is 0 Å². The quantitative estimate of drug-likeness (QED) is 0.869. The Bertz CT molecular complexity index is 325. The molecule has 0 bridgehead atoms. The minimum atomic E-state index is -0.146. The summed E-state index contributed by atoms with van der Waals surface area (Å²) in [5.74, 6) is 0. The molecule has 1 atom stereocenters. The summed E-state index contributed by atoms with van der Waals surface area (Å²) in [6.07, 6.45) is 1.00. The number of methoxy groups -OCH3 is 1. The molecule has 0 spiro atoms. The predicted molar refractivity (Wildman–Crippen MR) is 74.3 cm³/mol. The number of ether oxygens (including phenoxy) is 1. The second kappa shape index (κ2) is 6.15. The maximum atomic E-state index is 5.56. The molecule has 0 saturated carbocycles. The molecule has 1 N–H and O–H groups in total. The molecule has 0 aliphatic heterocycles. The van der Waals surface area contributed by atoms with Gasteiger partial charge in [0, 0.05) is 27.9 Å². The van der Waals surface area contributed by atoms with Crippen molar-refractivity contribution in [1.82, 2.24) is 5.32 Å². The van der Waals surface area contributed by atoms with Crippen LogP contribution < -0.4 is 5.32 Å². The maximum Gasteiger partial charge on any atom is 0.0778 e. The van der Waals surface area contributed by atoms with Crippen molar-refractivity contribution >= 4 is 27.3 Å². The van der Waals surface area contributed by atoms with E-state index in [0.717, 1.165) is 17.4 Å². The summed E-state index contributed by atoms with van der Waals surface area (Å²) in [6.45, 7) is 7.35. The van der Waals surface area contributed by atoms with Crippen LogP contribution in [0.15, 0.2) is 15.9 Å². The Hall–Kier alpha value is 0.1000. The number of halogens is 1. The highest BCUT2D eigenvalue weighted by Gasteiger charge is 2.28. The Kier molecular flexibility index (Phi) is 5.44. The summed E-state index contributed by atoms with van der Waals surface area (Å²) in [6, 6.07) is 2.52. The van der Waals surface area contributed by atoms with Crippen molar-refractivity contribution in [3.05, 3.63) is 20.8 Å². The summed E-state index contributed by atoms with van der Waals surface area (Å²) in [5.41, 5.74) is -0.146. The third-order valence-corrected chi connectivity index (χ3v) is 4.56. The average molecular weight is 306 g/mol. The van der Waals surface area contributed by atoms with Crippen LogP contribution in [0.2, 0.25) is 0 Å². The molecule has 1 aromatic heterocycles. The van der Waals surface area contributed by atoms with E-state index in [1.54, 1.807) is 18.4 Å². The lowest BCUT2D eigenvalue weighted by Crippen LogP contribution is -2.49. The first-order chi connectivity index (χ1) is 7.49. The highest BCUT2D eigenvalue weighted by Crippen LogP contribution is 2.24. The maximum absolute atomic E-state index is 5.56. The summed E-state index contributed by atoms with van der Waals surface area (Å²) in [4.78, 5) is 1.38. The zero-order valence-corrected chi connectivity index (χ0v) is 12.7. The van der Waals surface area contributed by atoms with Crippen LogP contribution in [0.25, 0.3) is 0 Å². The molecule has 2 nitrogen and oxygen atoms in total. The summed E-state index contributed by atoms with van der Waals surface area (Å²) in [5, 5.41) is 5.62. The van der Waals surface area contributed by atoms with Crippen molar-refractivity contribution in [2.45, 2.75) is 38.8 Å². The molecule has 1 rings (SSSR count). The number of rotatable bonds is 6. The molecule has 92 valence electrons. The third kappa shape index (κ3) is 3.84. The van der Waals surface area contributed by atoms with Gasteiger partial charge >= 0.3 is 0 Å². The summed E-state index contributed by atoms with van der Waals surface area (Å²) >= 11 is 5.28. The van der Waals surface area contributed by atoms with E-state index >= 15 is 0 Å². The van der Waals surface area contributed by atoms with Crippen LogP contribution in [0.1, 0.15) is 25.6 Å².